The van der Waals surface area contributed by atoms with Crippen molar-refractivity contribution >= 4 is 39.3 Å². The Kier molecular flexibility index (Phi) is 9.11. The molecule has 8 heteroatoms. The number of hydrogen-bond donors (Lipinski definition) is 1. The maximum absolute atomic E-state index is 13.2. The fourth-order valence-corrected chi connectivity index (χ4v) is 3.43. The molecule has 0 bridgehead atoms. The third-order valence-corrected chi connectivity index (χ3v) is 5.22. The average Bonchev–Trinajstić information content (AvgIpc) is 2.70. The van der Waals surface area contributed by atoms with Gasteiger partial charge in [0.25, 0.3) is 5.91 Å². The molecule has 0 radical (unpaired) electrons. The van der Waals surface area contributed by atoms with Crippen LogP contribution in [0.15, 0.2) is 46.9 Å². The topological polar surface area (TPSA) is 58.6 Å². The van der Waals surface area contributed by atoms with Crippen LogP contribution in [0.5, 0.6) is 5.75 Å². The predicted octanol–water partition coefficient (Wildman–Crippen LogP) is 4.81. The lowest BCUT2D eigenvalue weighted by Crippen LogP contribution is -2.49. The van der Waals surface area contributed by atoms with Gasteiger partial charge in [-0.2, -0.15) is 0 Å². The van der Waals surface area contributed by atoms with E-state index in [1.54, 1.807) is 37.3 Å². The van der Waals surface area contributed by atoms with Crippen LogP contribution in [0.1, 0.15) is 26.3 Å². The summed E-state index contributed by atoms with van der Waals surface area (Å²) < 4.78 is 19.5. The Bertz CT molecular complexity index is 877. The van der Waals surface area contributed by atoms with Gasteiger partial charge in [0, 0.05) is 18.1 Å². The summed E-state index contributed by atoms with van der Waals surface area (Å²) in [6.45, 7) is 6.05. The maximum Gasteiger partial charge on any atom is 0.261 e. The number of benzene rings is 2. The Labute approximate surface area is 189 Å². The van der Waals surface area contributed by atoms with Crippen LogP contribution >= 0.6 is 27.5 Å². The SMILES string of the molecule is CC(C)CNC(=O)[C@@H](C)N(Cc1ccc(F)cc1)C(=O)COc1ccc(Cl)cc1Br. The van der Waals surface area contributed by atoms with Crippen molar-refractivity contribution in [2.45, 2.75) is 33.4 Å². The van der Waals surface area contributed by atoms with Crippen molar-refractivity contribution in [2.75, 3.05) is 13.2 Å². The molecular formula is C22H25BrClFN2O3. The highest BCUT2D eigenvalue weighted by atomic mass is 79.9. The van der Waals surface area contributed by atoms with Crippen LogP contribution in [0.2, 0.25) is 5.02 Å². The van der Waals surface area contributed by atoms with Gasteiger partial charge in [-0.1, -0.05) is 37.6 Å². The average molecular weight is 500 g/mol. The molecular weight excluding hydrogens is 475 g/mol. The molecule has 0 spiro atoms. The molecule has 30 heavy (non-hydrogen) atoms. The van der Waals surface area contributed by atoms with Crippen LogP contribution in [-0.2, 0) is 16.1 Å². The van der Waals surface area contributed by atoms with E-state index >= 15 is 0 Å². The summed E-state index contributed by atoms with van der Waals surface area (Å²) in [5.41, 5.74) is 0.709. The van der Waals surface area contributed by atoms with Crippen molar-refractivity contribution in [3.8, 4) is 5.75 Å². The molecule has 0 aliphatic rings. The van der Waals surface area contributed by atoms with E-state index in [0.717, 1.165) is 0 Å². The monoisotopic (exact) mass is 498 g/mol. The number of amides is 2. The largest absolute Gasteiger partial charge is 0.483 e. The Morgan fingerprint density at radius 1 is 1.17 bits per heavy atom. The summed E-state index contributed by atoms with van der Waals surface area (Å²) in [5, 5.41) is 3.38. The van der Waals surface area contributed by atoms with Gasteiger partial charge in [-0.3, -0.25) is 9.59 Å². The lowest BCUT2D eigenvalue weighted by atomic mass is 10.1. The van der Waals surface area contributed by atoms with Gasteiger partial charge in [0.1, 0.15) is 17.6 Å². The van der Waals surface area contributed by atoms with Crippen molar-refractivity contribution in [1.82, 2.24) is 10.2 Å². The first-order valence-corrected chi connectivity index (χ1v) is 10.7. The molecule has 0 aliphatic carbocycles. The highest BCUT2D eigenvalue weighted by Gasteiger charge is 2.26. The normalized spacial score (nSPS) is 11.8. The molecule has 0 saturated heterocycles. The summed E-state index contributed by atoms with van der Waals surface area (Å²) in [6.07, 6.45) is 0. The Balaban J connectivity index is 2.14. The second-order valence-electron chi connectivity index (χ2n) is 7.33. The molecule has 2 aromatic rings. The first-order chi connectivity index (χ1) is 14.2. The van der Waals surface area contributed by atoms with Gasteiger partial charge < -0.3 is 15.0 Å². The highest BCUT2D eigenvalue weighted by molar-refractivity contribution is 9.10. The van der Waals surface area contributed by atoms with E-state index in [-0.39, 0.29) is 36.7 Å². The van der Waals surface area contributed by atoms with Crippen LogP contribution in [0.25, 0.3) is 0 Å². The second kappa shape index (κ2) is 11.3. The molecule has 0 heterocycles. The van der Waals surface area contributed by atoms with Crippen LogP contribution in [0, 0.1) is 11.7 Å². The van der Waals surface area contributed by atoms with Crippen molar-refractivity contribution in [1.29, 1.82) is 0 Å². The van der Waals surface area contributed by atoms with Crippen LogP contribution in [0.4, 0.5) is 4.39 Å². The minimum Gasteiger partial charge on any atom is -0.483 e. The van der Waals surface area contributed by atoms with Crippen molar-refractivity contribution < 1.29 is 18.7 Å². The minimum atomic E-state index is -0.724. The van der Waals surface area contributed by atoms with Gasteiger partial charge in [-0.05, 0) is 64.7 Å². The van der Waals surface area contributed by atoms with E-state index in [0.29, 0.717) is 27.4 Å². The second-order valence-corrected chi connectivity index (χ2v) is 8.62. The number of ether oxygens (including phenoxy) is 1. The van der Waals surface area contributed by atoms with Crippen molar-refractivity contribution in [2.24, 2.45) is 5.92 Å². The lowest BCUT2D eigenvalue weighted by molar-refractivity contribution is -0.142. The van der Waals surface area contributed by atoms with Crippen LogP contribution in [-0.4, -0.2) is 35.9 Å². The molecule has 0 aliphatic heterocycles. The fourth-order valence-electron chi connectivity index (χ4n) is 2.64. The van der Waals surface area contributed by atoms with E-state index in [1.165, 1.54) is 17.0 Å². The van der Waals surface area contributed by atoms with Gasteiger partial charge in [-0.15, -0.1) is 0 Å². The standard InChI is InChI=1S/C22H25BrClFN2O3/c1-14(2)11-26-22(29)15(3)27(12-16-4-7-18(25)8-5-16)21(28)13-30-20-9-6-17(24)10-19(20)23/h4-10,14-15H,11-13H2,1-3H3,(H,26,29)/t15-/m1/s1. The third-order valence-electron chi connectivity index (χ3n) is 4.36. The van der Waals surface area contributed by atoms with E-state index < -0.39 is 6.04 Å². The molecule has 0 fully saturated rings. The summed E-state index contributed by atoms with van der Waals surface area (Å²) in [5.74, 6) is -0.241. The summed E-state index contributed by atoms with van der Waals surface area (Å²) in [6, 6.07) is 10.1. The van der Waals surface area contributed by atoms with Gasteiger partial charge in [0.15, 0.2) is 6.61 Å². The number of halogens is 3. The minimum absolute atomic E-state index is 0.153. The smallest absolute Gasteiger partial charge is 0.261 e. The summed E-state index contributed by atoms with van der Waals surface area (Å²) in [4.78, 5) is 27.0. The number of hydrogen-bond acceptors (Lipinski definition) is 3. The van der Waals surface area contributed by atoms with E-state index in [2.05, 4.69) is 21.2 Å². The molecule has 2 amide bonds. The van der Waals surface area contributed by atoms with Crippen LogP contribution in [0.3, 0.4) is 0 Å². The van der Waals surface area contributed by atoms with Crippen LogP contribution < -0.4 is 10.1 Å². The highest BCUT2D eigenvalue weighted by Crippen LogP contribution is 2.28. The number of carbonyl (C=O) groups is 2. The maximum atomic E-state index is 13.2. The first-order valence-electron chi connectivity index (χ1n) is 9.57. The number of nitrogens with one attached hydrogen (secondary N) is 1. The Hall–Kier alpha value is -2.12. The first kappa shape index (κ1) is 24.2. The van der Waals surface area contributed by atoms with Gasteiger partial charge >= 0.3 is 0 Å². The molecule has 0 saturated carbocycles. The van der Waals surface area contributed by atoms with Crippen molar-refractivity contribution in [3.63, 3.8) is 0 Å². The summed E-state index contributed by atoms with van der Waals surface area (Å²) >= 11 is 9.27. The quantitative estimate of drug-likeness (QED) is 0.539. The Morgan fingerprint density at radius 2 is 1.83 bits per heavy atom. The zero-order valence-corrected chi connectivity index (χ0v) is 19.5. The molecule has 162 valence electrons. The number of rotatable bonds is 9. The molecule has 2 aromatic carbocycles. The Morgan fingerprint density at radius 3 is 2.43 bits per heavy atom. The van der Waals surface area contributed by atoms with E-state index in [1.807, 2.05) is 13.8 Å². The zero-order chi connectivity index (χ0) is 22.3. The zero-order valence-electron chi connectivity index (χ0n) is 17.1. The van der Waals surface area contributed by atoms with Gasteiger partial charge in [-0.25, -0.2) is 4.39 Å². The molecule has 5 nitrogen and oxygen atoms in total. The van der Waals surface area contributed by atoms with Gasteiger partial charge in [0.05, 0.1) is 4.47 Å². The fraction of sp³-hybridized carbons (Fsp3) is 0.364. The predicted molar refractivity (Wildman–Crippen MR) is 119 cm³/mol. The molecule has 0 aromatic heterocycles. The number of carbonyl (C=O) groups excluding carboxylic acids is 2. The lowest BCUT2D eigenvalue weighted by Gasteiger charge is -2.29. The molecule has 1 atom stereocenters. The number of nitrogens with zero attached hydrogens (tertiary/aromatic N) is 1. The van der Waals surface area contributed by atoms with E-state index in [9.17, 15) is 14.0 Å². The summed E-state index contributed by atoms with van der Waals surface area (Å²) in [7, 11) is 0. The molecule has 0 unspecified atom stereocenters. The molecule has 1 N–H and O–H groups in total. The molecule has 2 rings (SSSR count). The van der Waals surface area contributed by atoms with Gasteiger partial charge in [0.2, 0.25) is 5.91 Å². The third kappa shape index (κ3) is 7.29. The van der Waals surface area contributed by atoms with E-state index in [4.69, 9.17) is 16.3 Å². The van der Waals surface area contributed by atoms with Crippen molar-refractivity contribution in [3.05, 3.63) is 63.3 Å².